The summed E-state index contributed by atoms with van der Waals surface area (Å²) in [7, 11) is -1.26. The monoisotopic (exact) mass is 212 g/mol. The summed E-state index contributed by atoms with van der Waals surface area (Å²) < 4.78 is 0. The van der Waals surface area contributed by atoms with Crippen LogP contribution in [0.3, 0.4) is 0 Å². The fourth-order valence-corrected chi connectivity index (χ4v) is 3.26. The summed E-state index contributed by atoms with van der Waals surface area (Å²) in [6, 6.07) is 0. The van der Waals surface area contributed by atoms with Crippen molar-refractivity contribution in [1.82, 2.24) is 0 Å². The molecule has 0 saturated heterocycles. The van der Waals surface area contributed by atoms with Crippen molar-refractivity contribution in [2.24, 2.45) is 5.92 Å². The molecule has 0 N–H and O–H groups in total. The van der Waals surface area contributed by atoms with Crippen molar-refractivity contribution in [3.63, 3.8) is 0 Å². The van der Waals surface area contributed by atoms with E-state index in [2.05, 4.69) is 26.6 Å². The Morgan fingerprint density at radius 2 is 1.64 bits per heavy atom. The molecule has 0 aromatic heterocycles. The van der Waals surface area contributed by atoms with Gasteiger partial charge in [0, 0.05) is 11.5 Å². The highest BCUT2D eigenvalue weighted by molar-refractivity contribution is 6.80. The Morgan fingerprint density at radius 1 is 1.14 bits per heavy atom. The standard InChI is InChI=1S/C12H24OSi/c1-10(14(2,3)4)12(13)11-8-6-5-7-9-11/h10-11H,5-9H2,1-4H3. The van der Waals surface area contributed by atoms with Gasteiger partial charge in [0.25, 0.3) is 0 Å². The van der Waals surface area contributed by atoms with Crippen LogP contribution in [-0.4, -0.2) is 13.9 Å². The van der Waals surface area contributed by atoms with Gasteiger partial charge >= 0.3 is 0 Å². The molecule has 1 atom stereocenters. The van der Waals surface area contributed by atoms with Gasteiger partial charge in [0.05, 0.1) is 8.07 Å². The van der Waals surface area contributed by atoms with Crippen molar-refractivity contribution >= 4 is 13.9 Å². The summed E-state index contributed by atoms with van der Waals surface area (Å²) in [5.74, 6) is 0.981. The first-order valence-corrected chi connectivity index (χ1v) is 9.54. The van der Waals surface area contributed by atoms with E-state index in [1.54, 1.807) is 0 Å². The van der Waals surface area contributed by atoms with Crippen molar-refractivity contribution in [2.75, 3.05) is 0 Å². The molecular weight excluding hydrogens is 188 g/mol. The lowest BCUT2D eigenvalue weighted by Gasteiger charge is -2.29. The van der Waals surface area contributed by atoms with Gasteiger partial charge in [-0.2, -0.15) is 0 Å². The molecule has 1 rings (SSSR count). The van der Waals surface area contributed by atoms with E-state index in [9.17, 15) is 4.79 Å². The second-order valence-corrected chi connectivity index (χ2v) is 11.4. The number of Topliss-reactive ketones (excluding diaryl/α,β-unsaturated/α-hetero) is 1. The molecule has 1 fully saturated rings. The fraction of sp³-hybridized carbons (Fsp3) is 0.917. The molecule has 0 heterocycles. The first-order valence-electron chi connectivity index (χ1n) is 5.96. The third-order valence-electron chi connectivity index (χ3n) is 3.73. The van der Waals surface area contributed by atoms with Crippen molar-refractivity contribution in [3.8, 4) is 0 Å². The molecule has 1 nitrogen and oxygen atoms in total. The quantitative estimate of drug-likeness (QED) is 0.649. The summed E-state index contributed by atoms with van der Waals surface area (Å²) in [4.78, 5) is 12.2. The highest BCUT2D eigenvalue weighted by Crippen LogP contribution is 2.32. The summed E-state index contributed by atoms with van der Waals surface area (Å²) >= 11 is 0. The average Bonchev–Trinajstić information content (AvgIpc) is 2.15. The molecule has 1 unspecified atom stereocenters. The predicted octanol–water partition coefficient (Wildman–Crippen LogP) is 3.86. The lowest BCUT2D eigenvalue weighted by molar-refractivity contribution is -0.123. The normalized spacial score (nSPS) is 22.0. The van der Waals surface area contributed by atoms with Crippen molar-refractivity contribution in [1.29, 1.82) is 0 Å². The van der Waals surface area contributed by atoms with Crippen LogP contribution in [0.25, 0.3) is 0 Å². The maximum Gasteiger partial charge on any atom is 0.136 e. The molecule has 0 amide bonds. The zero-order valence-electron chi connectivity index (χ0n) is 10.1. The van der Waals surface area contributed by atoms with Crippen LogP contribution in [0.15, 0.2) is 0 Å². The summed E-state index contributed by atoms with van der Waals surface area (Å²) in [6.07, 6.45) is 6.20. The minimum absolute atomic E-state index is 0.352. The maximum absolute atomic E-state index is 12.2. The number of hydrogen-bond acceptors (Lipinski definition) is 1. The summed E-state index contributed by atoms with van der Waals surface area (Å²) in [5.41, 5.74) is 0.352. The second kappa shape index (κ2) is 4.60. The van der Waals surface area contributed by atoms with Gasteiger partial charge in [0.2, 0.25) is 0 Å². The number of rotatable bonds is 3. The molecule has 0 aliphatic heterocycles. The van der Waals surface area contributed by atoms with E-state index in [4.69, 9.17) is 0 Å². The van der Waals surface area contributed by atoms with Crippen LogP contribution in [0.5, 0.6) is 0 Å². The number of carbonyl (C=O) groups is 1. The minimum atomic E-state index is -1.26. The molecular formula is C12H24OSi. The van der Waals surface area contributed by atoms with Crippen molar-refractivity contribution < 1.29 is 4.79 Å². The Bertz CT molecular complexity index is 199. The summed E-state index contributed by atoms with van der Waals surface area (Å²) in [6.45, 7) is 9.07. The first kappa shape index (κ1) is 12.0. The predicted molar refractivity (Wildman–Crippen MR) is 64.4 cm³/mol. The SMILES string of the molecule is CC(C(=O)C1CCCCC1)[Si](C)(C)C. The van der Waals surface area contributed by atoms with Gasteiger partial charge in [-0.3, -0.25) is 4.79 Å². The molecule has 1 aliphatic rings. The molecule has 0 spiro atoms. The van der Waals surface area contributed by atoms with E-state index in [0.29, 0.717) is 17.2 Å². The van der Waals surface area contributed by atoms with Crippen LogP contribution >= 0.6 is 0 Å². The van der Waals surface area contributed by atoms with Gasteiger partial charge in [-0.1, -0.05) is 45.8 Å². The lowest BCUT2D eigenvalue weighted by atomic mass is 9.85. The zero-order chi connectivity index (χ0) is 10.8. The van der Waals surface area contributed by atoms with Gasteiger partial charge in [-0.05, 0) is 12.8 Å². The first-order chi connectivity index (χ1) is 6.43. The smallest absolute Gasteiger partial charge is 0.136 e. The molecule has 1 aliphatic carbocycles. The molecule has 0 bridgehead atoms. The van der Waals surface area contributed by atoms with Crippen LogP contribution in [-0.2, 0) is 4.79 Å². The van der Waals surface area contributed by atoms with Gasteiger partial charge in [-0.25, -0.2) is 0 Å². The van der Waals surface area contributed by atoms with E-state index < -0.39 is 8.07 Å². The molecule has 1 saturated carbocycles. The highest BCUT2D eigenvalue weighted by Gasteiger charge is 2.33. The van der Waals surface area contributed by atoms with E-state index in [1.807, 2.05) is 0 Å². The van der Waals surface area contributed by atoms with Crippen LogP contribution in [0.4, 0.5) is 0 Å². The van der Waals surface area contributed by atoms with E-state index in [-0.39, 0.29) is 0 Å². The van der Waals surface area contributed by atoms with Gasteiger partial charge in [-0.15, -0.1) is 0 Å². The largest absolute Gasteiger partial charge is 0.299 e. The molecule has 0 aromatic rings. The van der Waals surface area contributed by atoms with E-state index in [0.717, 1.165) is 12.8 Å². The highest BCUT2D eigenvalue weighted by atomic mass is 28.3. The third-order valence-corrected chi connectivity index (χ3v) is 6.62. The Kier molecular flexibility index (Phi) is 3.93. The van der Waals surface area contributed by atoms with Gasteiger partial charge < -0.3 is 0 Å². The third kappa shape index (κ3) is 2.94. The van der Waals surface area contributed by atoms with Crippen molar-refractivity contribution in [3.05, 3.63) is 0 Å². The Labute approximate surface area is 89.3 Å². The zero-order valence-corrected chi connectivity index (χ0v) is 11.1. The Morgan fingerprint density at radius 3 is 2.07 bits per heavy atom. The molecule has 0 radical (unpaired) electrons. The topological polar surface area (TPSA) is 17.1 Å². The molecule has 2 heteroatoms. The van der Waals surface area contributed by atoms with Gasteiger partial charge in [0.15, 0.2) is 0 Å². The second-order valence-electron chi connectivity index (χ2n) is 5.83. The maximum atomic E-state index is 12.2. The molecule has 0 aromatic carbocycles. The fourth-order valence-electron chi connectivity index (χ4n) is 2.17. The lowest BCUT2D eigenvalue weighted by Crippen LogP contribution is -2.35. The van der Waals surface area contributed by atoms with Crippen LogP contribution in [0.1, 0.15) is 39.0 Å². The molecule has 14 heavy (non-hydrogen) atoms. The van der Waals surface area contributed by atoms with Gasteiger partial charge in [0.1, 0.15) is 5.78 Å². The minimum Gasteiger partial charge on any atom is -0.299 e. The molecule has 82 valence electrons. The Hall–Kier alpha value is -0.113. The number of ketones is 1. The van der Waals surface area contributed by atoms with Crippen LogP contribution in [0.2, 0.25) is 25.2 Å². The van der Waals surface area contributed by atoms with Crippen molar-refractivity contribution in [2.45, 2.75) is 64.2 Å². The van der Waals surface area contributed by atoms with Crippen LogP contribution in [0, 0.1) is 5.92 Å². The van der Waals surface area contributed by atoms with Crippen LogP contribution < -0.4 is 0 Å². The Balaban J connectivity index is 2.55. The van der Waals surface area contributed by atoms with E-state index >= 15 is 0 Å². The number of carbonyl (C=O) groups excluding carboxylic acids is 1. The van der Waals surface area contributed by atoms with E-state index in [1.165, 1.54) is 19.3 Å². The average molecular weight is 212 g/mol. The summed E-state index contributed by atoms with van der Waals surface area (Å²) in [5, 5.41) is 0. The number of hydrogen-bond donors (Lipinski definition) is 0.